The predicted octanol–water partition coefficient (Wildman–Crippen LogP) is 5.35. The number of nitro groups is 1. The lowest BCUT2D eigenvalue weighted by Gasteiger charge is -2.30. The molecule has 0 atom stereocenters. The molecule has 0 bridgehead atoms. The van der Waals surface area contributed by atoms with Gasteiger partial charge in [-0.1, -0.05) is 41.9 Å². The van der Waals surface area contributed by atoms with E-state index in [1.165, 1.54) is 29.2 Å². The van der Waals surface area contributed by atoms with Gasteiger partial charge < -0.3 is 4.90 Å². The van der Waals surface area contributed by atoms with E-state index in [9.17, 15) is 14.9 Å². The first-order valence-electron chi connectivity index (χ1n) is 9.50. The molecule has 0 N–H and O–H groups in total. The van der Waals surface area contributed by atoms with Crippen molar-refractivity contribution in [3.05, 3.63) is 105 Å². The number of non-ortho nitro benzene ring substituents is 1. The van der Waals surface area contributed by atoms with Crippen molar-refractivity contribution in [2.24, 2.45) is 0 Å². The molecule has 3 aromatic carbocycles. The van der Waals surface area contributed by atoms with Gasteiger partial charge in [0.15, 0.2) is 5.11 Å². The minimum absolute atomic E-state index is 0.0860. The summed E-state index contributed by atoms with van der Waals surface area (Å²) in [6.45, 7) is 0.612. The Balaban J connectivity index is 1.86. The van der Waals surface area contributed by atoms with Gasteiger partial charge in [-0.2, -0.15) is 0 Å². The summed E-state index contributed by atoms with van der Waals surface area (Å²) in [6.07, 6.45) is 0.762. The summed E-state index contributed by atoms with van der Waals surface area (Å²) in [5, 5.41) is 11.8. The Kier molecular flexibility index (Phi) is 7.33. The molecule has 0 saturated heterocycles. The van der Waals surface area contributed by atoms with E-state index >= 15 is 0 Å². The van der Waals surface area contributed by atoms with Gasteiger partial charge in [0.2, 0.25) is 0 Å². The standard InChI is InChI=1S/C23H20ClN3O3S/c1-25(16-15-17-5-3-2-4-6-17)23(31)26(20-13-9-19(24)10-14-20)22(28)18-7-11-21(12-8-18)27(29)30/h2-14H,15-16H2,1H3. The number of halogens is 1. The van der Waals surface area contributed by atoms with Crippen LogP contribution in [0.3, 0.4) is 0 Å². The third-order valence-electron chi connectivity index (χ3n) is 4.71. The second-order valence-corrected chi connectivity index (χ2v) is 7.66. The number of hydrogen-bond donors (Lipinski definition) is 0. The first-order valence-corrected chi connectivity index (χ1v) is 10.3. The normalized spacial score (nSPS) is 10.4. The van der Waals surface area contributed by atoms with Crippen LogP contribution in [0.4, 0.5) is 11.4 Å². The molecular weight excluding hydrogens is 434 g/mol. The molecule has 1 amide bonds. The zero-order valence-corrected chi connectivity index (χ0v) is 18.3. The van der Waals surface area contributed by atoms with E-state index in [-0.39, 0.29) is 11.6 Å². The fourth-order valence-corrected chi connectivity index (χ4v) is 3.37. The van der Waals surface area contributed by atoms with Gasteiger partial charge in [0.1, 0.15) is 0 Å². The zero-order chi connectivity index (χ0) is 22.4. The summed E-state index contributed by atoms with van der Waals surface area (Å²) in [5.74, 6) is -0.381. The molecular formula is C23H20ClN3O3S. The van der Waals surface area contributed by atoms with Gasteiger partial charge in [-0.3, -0.25) is 19.8 Å². The Bertz CT molecular complexity index is 1070. The minimum atomic E-state index is -0.507. The Morgan fingerprint density at radius 1 is 1.00 bits per heavy atom. The first-order chi connectivity index (χ1) is 14.9. The van der Waals surface area contributed by atoms with Crippen LogP contribution in [0.5, 0.6) is 0 Å². The number of nitrogens with zero attached hydrogens (tertiary/aromatic N) is 3. The molecule has 0 aliphatic rings. The van der Waals surface area contributed by atoms with Crippen molar-refractivity contribution in [1.82, 2.24) is 4.90 Å². The molecule has 158 valence electrons. The minimum Gasteiger partial charge on any atom is -0.351 e. The van der Waals surface area contributed by atoms with Crippen molar-refractivity contribution in [3.8, 4) is 0 Å². The Morgan fingerprint density at radius 2 is 1.61 bits per heavy atom. The van der Waals surface area contributed by atoms with Crippen LogP contribution in [0.25, 0.3) is 0 Å². The van der Waals surface area contributed by atoms with E-state index < -0.39 is 4.92 Å². The van der Waals surface area contributed by atoms with Gasteiger partial charge in [-0.05, 0) is 60.6 Å². The fourth-order valence-electron chi connectivity index (χ4n) is 2.97. The fraction of sp³-hybridized carbons (Fsp3) is 0.130. The van der Waals surface area contributed by atoms with E-state index in [0.29, 0.717) is 27.9 Å². The van der Waals surface area contributed by atoms with Crippen molar-refractivity contribution >= 4 is 46.2 Å². The van der Waals surface area contributed by atoms with Gasteiger partial charge in [-0.15, -0.1) is 0 Å². The number of hydrogen-bond acceptors (Lipinski definition) is 4. The highest BCUT2D eigenvalue weighted by atomic mass is 35.5. The van der Waals surface area contributed by atoms with Gasteiger partial charge >= 0.3 is 0 Å². The number of carbonyl (C=O) groups excluding carboxylic acids is 1. The summed E-state index contributed by atoms with van der Waals surface area (Å²) in [4.78, 5) is 27.0. The molecule has 0 unspecified atom stereocenters. The Hall–Kier alpha value is -3.29. The van der Waals surface area contributed by atoms with Gasteiger partial charge in [0.25, 0.3) is 11.6 Å². The quantitative estimate of drug-likeness (QED) is 0.286. The highest BCUT2D eigenvalue weighted by Gasteiger charge is 2.25. The SMILES string of the molecule is CN(CCc1ccccc1)C(=S)N(C(=O)c1ccc([N+](=O)[O-])cc1)c1ccc(Cl)cc1. The van der Waals surface area contributed by atoms with Crippen molar-refractivity contribution in [2.45, 2.75) is 6.42 Å². The number of nitro benzene ring substituents is 1. The van der Waals surface area contributed by atoms with Gasteiger partial charge in [0.05, 0.1) is 10.6 Å². The summed E-state index contributed by atoms with van der Waals surface area (Å²) in [5.41, 5.74) is 1.93. The topological polar surface area (TPSA) is 66.7 Å². The van der Waals surface area contributed by atoms with Crippen LogP contribution in [0.1, 0.15) is 15.9 Å². The molecule has 0 aromatic heterocycles. The van der Waals surface area contributed by atoms with Crippen LogP contribution in [-0.4, -0.2) is 34.4 Å². The molecule has 6 nitrogen and oxygen atoms in total. The Morgan fingerprint density at radius 3 is 2.19 bits per heavy atom. The maximum atomic E-state index is 13.3. The molecule has 31 heavy (non-hydrogen) atoms. The summed E-state index contributed by atoms with van der Waals surface area (Å²) < 4.78 is 0. The van der Waals surface area contributed by atoms with Crippen molar-refractivity contribution < 1.29 is 9.72 Å². The van der Waals surface area contributed by atoms with Crippen molar-refractivity contribution in [1.29, 1.82) is 0 Å². The van der Waals surface area contributed by atoms with Crippen LogP contribution in [0.15, 0.2) is 78.9 Å². The average molecular weight is 454 g/mol. The lowest BCUT2D eigenvalue weighted by atomic mass is 10.1. The lowest BCUT2D eigenvalue weighted by Crippen LogP contribution is -2.45. The molecule has 8 heteroatoms. The number of thiocarbonyl (C=S) groups is 1. The number of anilines is 1. The van der Waals surface area contributed by atoms with E-state index in [1.54, 1.807) is 24.3 Å². The van der Waals surface area contributed by atoms with E-state index in [4.69, 9.17) is 23.8 Å². The van der Waals surface area contributed by atoms with Crippen LogP contribution in [0.2, 0.25) is 5.02 Å². The van der Waals surface area contributed by atoms with E-state index in [2.05, 4.69) is 0 Å². The molecule has 0 radical (unpaired) electrons. The highest BCUT2D eigenvalue weighted by Crippen LogP contribution is 2.23. The molecule has 0 aliphatic heterocycles. The number of likely N-dealkylation sites (N-methyl/N-ethyl adjacent to an activating group) is 1. The molecule has 3 aromatic rings. The highest BCUT2D eigenvalue weighted by molar-refractivity contribution is 7.80. The van der Waals surface area contributed by atoms with Crippen LogP contribution < -0.4 is 4.90 Å². The largest absolute Gasteiger partial charge is 0.351 e. The summed E-state index contributed by atoms with van der Waals surface area (Å²) in [7, 11) is 1.83. The summed E-state index contributed by atoms with van der Waals surface area (Å²) in [6, 6.07) is 22.2. The van der Waals surface area contributed by atoms with Gasteiger partial charge in [-0.25, -0.2) is 0 Å². The Labute approximate surface area is 190 Å². The maximum absolute atomic E-state index is 13.3. The van der Waals surface area contributed by atoms with Crippen LogP contribution >= 0.6 is 23.8 Å². The molecule has 3 rings (SSSR count). The number of amides is 1. The third-order valence-corrected chi connectivity index (χ3v) is 5.46. The lowest BCUT2D eigenvalue weighted by molar-refractivity contribution is -0.384. The number of benzene rings is 3. The average Bonchev–Trinajstić information content (AvgIpc) is 2.79. The second kappa shape index (κ2) is 10.1. The molecule has 0 spiro atoms. The van der Waals surface area contributed by atoms with E-state index in [1.807, 2.05) is 42.3 Å². The molecule has 0 saturated carbocycles. The van der Waals surface area contributed by atoms with Crippen LogP contribution in [0, 0.1) is 10.1 Å². The summed E-state index contributed by atoms with van der Waals surface area (Å²) >= 11 is 11.7. The second-order valence-electron chi connectivity index (χ2n) is 6.86. The molecule has 0 heterocycles. The predicted molar refractivity (Wildman–Crippen MR) is 127 cm³/mol. The monoisotopic (exact) mass is 453 g/mol. The van der Waals surface area contributed by atoms with E-state index in [0.717, 1.165) is 12.0 Å². The zero-order valence-electron chi connectivity index (χ0n) is 16.8. The maximum Gasteiger partial charge on any atom is 0.269 e. The molecule has 0 aliphatic carbocycles. The molecule has 0 fully saturated rings. The number of carbonyl (C=O) groups is 1. The van der Waals surface area contributed by atoms with Crippen molar-refractivity contribution in [2.75, 3.05) is 18.5 Å². The van der Waals surface area contributed by atoms with Crippen molar-refractivity contribution in [3.63, 3.8) is 0 Å². The van der Waals surface area contributed by atoms with Gasteiger partial charge in [0, 0.05) is 36.3 Å². The third kappa shape index (κ3) is 5.65. The number of rotatable bonds is 6. The first kappa shape index (κ1) is 22.4. The smallest absolute Gasteiger partial charge is 0.269 e. The van der Waals surface area contributed by atoms with Crippen LogP contribution in [-0.2, 0) is 6.42 Å².